The summed E-state index contributed by atoms with van der Waals surface area (Å²) in [5.74, 6) is 0.0159. The largest absolute Gasteiger partial charge is 0.345 e. The standard InChI is InChI=1S/C24H26ClN3O3S/c1-18(29)27-21-6-8-23(9-7-21)32-15-22-14-30-24(31-22,16-28-13-12-26-17-28)11-10-19-2-4-20(25)5-3-19/h2-9,12-13,17,22H,10-11,14-16H2,1H3,(H,27,29)/t22-,24-/m1/s1. The first kappa shape index (κ1) is 22.9. The Bertz CT molecular complexity index is 1010. The van der Waals surface area contributed by atoms with Crippen LogP contribution in [0.2, 0.25) is 5.02 Å². The molecule has 2 atom stereocenters. The van der Waals surface area contributed by atoms with Gasteiger partial charge in [0, 0.05) is 47.1 Å². The van der Waals surface area contributed by atoms with E-state index in [2.05, 4.69) is 10.3 Å². The van der Waals surface area contributed by atoms with Crippen LogP contribution in [0.3, 0.4) is 0 Å². The maximum atomic E-state index is 11.2. The number of amides is 1. The Kier molecular flexibility index (Phi) is 7.52. The molecule has 32 heavy (non-hydrogen) atoms. The number of ether oxygens (including phenoxy) is 2. The minimum Gasteiger partial charge on any atom is -0.345 e. The summed E-state index contributed by atoms with van der Waals surface area (Å²) < 4.78 is 14.8. The number of halogens is 1. The summed E-state index contributed by atoms with van der Waals surface area (Å²) in [6.45, 7) is 2.64. The molecule has 1 N–H and O–H groups in total. The molecule has 3 aromatic rings. The van der Waals surface area contributed by atoms with Crippen molar-refractivity contribution in [2.45, 2.75) is 43.1 Å². The van der Waals surface area contributed by atoms with Gasteiger partial charge in [0.2, 0.25) is 5.91 Å². The lowest BCUT2D eigenvalue weighted by atomic mass is 10.0. The van der Waals surface area contributed by atoms with Gasteiger partial charge in [-0.1, -0.05) is 23.7 Å². The smallest absolute Gasteiger partial charge is 0.221 e. The highest BCUT2D eigenvalue weighted by Crippen LogP contribution is 2.33. The van der Waals surface area contributed by atoms with Gasteiger partial charge in [-0.15, -0.1) is 11.8 Å². The van der Waals surface area contributed by atoms with E-state index in [0.717, 1.165) is 34.2 Å². The monoisotopic (exact) mass is 471 g/mol. The quantitative estimate of drug-likeness (QED) is 0.443. The molecule has 0 bridgehead atoms. The molecular weight excluding hydrogens is 446 g/mol. The highest BCUT2D eigenvalue weighted by molar-refractivity contribution is 7.99. The molecule has 4 rings (SSSR count). The summed E-state index contributed by atoms with van der Waals surface area (Å²) in [5, 5.41) is 3.52. The number of rotatable bonds is 9. The first-order chi connectivity index (χ1) is 15.5. The van der Waals surface area contributed by atoms with Crippen molar-refractivity contribution in [3.63, 3.8) is 0 Å². The fourth-order valence-corrected chi connectivity index (χ4v) is 4.66. The molecule has 8 heteroatoms. The third-order valence-electron chi connectivity index (χ3n) is 5.21. The van der Waals surface area contributed by atoms with Gasteiger partial charge in [-0.05, 0) is 48.4 Å². The van der Waals surface area contributed by atoms with Gasteiger partial charge in [0.05, 0.1) is 25.6 Å². The van der Waals surface area contributed by atoms with Crippen molar-refractivity contribution in [2.75, 3.05) is 17.7 Å². The van der Waals surface area contributed by atoms with E-state index >= 15 is 0 Å². The number of hydrogen-bond donors (Lipinski definition) is 1. The average molecular weight is 472 g/mol. The van der Waals surface area contributed by atoms with Gasteiger partial charge < -0.3 is 19.4 Å². The summed E-state index contributed by atoms with van der Waals surface area (Å²) in [6, 6.07) is 15.7. The lowest BCUT2D eigenvalue weighted by Crippen LogP contribution is -2.37. The van der Waals surface area contributed by atoms with E-state index < -0.39 is 5.79 Å². The van der Waals surface area contributed by atoms with Crippen LogP contribution < -0.4 is 5.32 Å². The summed E-state index contributed by atoms with van der Waals surface area (Å²) in [7, 11) is 0. The van der Waals surface area contributed by atoms with Gasteiger partial charge in [-0.25, -0.2) is 4.98 Å². The fraction of sp³-hybridized carbons (Fsp3) is 0.333. The Morgan fingerprint density at radius 3 is 2.72 bits per heavy atom. The normalized spacial score (nSPS) is 20.4. The van der Waals surface area contributed by atoms with Crippen molar-refractivity contribution in [1.82, 2.24) is 9.55 Å². The number of carbonyl (C=O) groups is 1. The molecule has 6 nitrogen and oxygen atoms in total. The number of nitrogens with one attached hydrogen (secondary N) is 1. The number of hydrogen-bond acceptors (Lipinski definition) is 5. The van der Waals surface area contributed by atoms with E-state index in [9.17, 15) is 4.79 Å². The molecule has 1 fully saturated rings. The van der Waals surface area contributed by atoms with Gasteiger partial charge in [0.25, 0.3) is 0 Å². The van der Waals surface area contributed by atoms with Crippen LogP contribution in [0.25, 0.3) is 0 Å². The van der Waals surface area contributed by atoms with Crippen LogP contribution >= 0.6 is 23.4 Å². The Hall–Kier alpha value is -2.32. The molecule has 1 aromatic heterocycles. The molecule has 0 unspecified atom stereocenters. The lowest BCUT2D eigenvalue weighted by Gasteiger charge is -2.28. The van der Waals surface area contributed by atoms with Crippen LogP contribution in [-0.2, 0) is 27.2 Å². The van der Waals surface area contributed by atoms with Crippen LogP contribution in [0.15, 0.2) is 72.1 Å². The molecule has 0 spiro atoms. The second kappa shape index (κ2) is 10.5. The third kappa shape index (κ3) is 6.36. The zero-order valence-corrected chi connectivity index (χ0v) is 19.4. The number of nitrogens with zero attached hydrogens (tertiary/aromatic N) is 2. The topological polar surface area (TPSA) is 65.4 Å². The fourth-order valence-electron chi connectivity index (χ4n) is 3.66. The number of aryl methyl sites for hydroxylation is 1. The van der Waals surface area contributed by atoms with E-state index in [1.54, 1.807) is 24.3 Å². The summed E-state index contributed by atoms with van der Waals surface area (Å²) >= 11 is 7.73. The highest BCUT2D eigenvalue weighted by atomic mass is 35.5. The van der Waals surface area contributed by atoms with E-state index in [-0.39, 0.29) is 12.0 Å². The van der Waals surface area contributed by atoms with Crippen LogP contribution in [0.4, 0.5) is 5.69 Å². The molecule has 168 valence electrons. The molecule has 2 aromatic carbocycles. The van der Waals surface area contributed by atoms with Crippen LogP contribution in [0.1, 0.15) is 18.9 Å². The van der Waals surface area contributed by atoms with Crippen LogP contribution in [0.5, 0.6) is 0 Å². The number of imidazole rings is 1. The third-order valence-corrected chi connectivity index (χ3v) is 6.61. The minimum atomic E-state index is -0.694. The van der Waals surface area contributed by atoms with Gasteiger partial charge >= 0.3 is 0 Å². The molecular formula is C24H26ClN3O3S. The minimum absolute atomic E-state index is 0.0104. The van der Waals surface area contributed by atoms with E-state index in [1.807, 2.05) is 59.3 Å². The maximum Gasteiger partial charge on any atom is 0.221 e. The summed E-state index contributed by atoms with van der Waals surface area (Å²) in [4.78, 5) is 16.4. The first-order valence-electron chi connectivity index (χ1n) is 10.5. The Labute approximate surface area is 197 Å². The molecule has 0 aliphatic carbocycles. The summed E-state index contributed by atoms with van der Waals surface area (Å²) in [6.07, 6.45) is 7.03. The Morgan fingerprint density at radius 2 is 2.03 bits per heavy atom. The van der Waals surface area contributed by atoms with Gasteiger partial charge in [0.15, 0.2) is 5.79 Å². The second-order valence-corrected chi connectivity index (χ2v) is 9.37. The van der Waals surface area contributed by atoms with Crippen LogP contribution in [-0.4, -0.2) is 39.7 Å². The van der Waals surface area contributed by atoms with Gasteiger partial charge in [0.1, 0.15) is 0 Å². The average Bonchev–Trinajstić information content (AvgIpc) is 3.43. The second-order valence-electron chi connectivity index (χ2n) is 7.84. The molecule has 1 amide bonds. The van der Waals surface area contributed by atoms with Gasteiger partial charge in [-0.2, -0.15) is 0 Å². The molecule has 0 radical (unpaired) electrons. The first-order valence-corrected chi connectivity index (χ1v) is 11.9. The SMILES string of the molecule is CC(=O)Nc1ccc(SC[C@H]2CO[C@@](CCc3ccc(Cl)cc3)(Cn3ccnc3)O2)cc1. The van der Waals surface area contributed by atoms with Crippen molar-refractivity contribution < 1.29 is 14.3 Å². The molecule has 0 saturated carbocycles. The molecule has 1 saturated heterocycles. The maximum absolute atomic E-state index is 11.2. The predicted octanol–water partition coefficient (Wildman–Crippen LogP) is 5.03. The van der Waals surface area contributed by atoms with E-state index in [4.69, 9.17) is 21.1 Å². The lowest BCUT2D eigenvalue weighted by molar-refractivity contribution is -0.180. The van der Waals surface area contributed by atoms with Crippen molar-refractivity contribution in [1.29, 1.82) is 0 Å². The van der Waals surface area contributed by atoms with Gasteiger partial charge in [-0.3, -0.25) is 4.79 Å². The molecule has 1 aliphatic heterocycles. The highest BCUT2D eigenvalue weighted by Gasteiger charge is 2.41. The zero-order chi connectivity index (χ0) is 22.4. The van der Waals surface area contributed by atoms with Crippen molar-refractivity contribution >= 4 is 35.0 Å². The predicted molar refractivity (Wildman–Crippen MR) is 127 cm³/mol. The number of thioether (sulfide) groups is 1. The Morgan fingerprint density at radius 1 is 1.25 bits per heavy atom. The van der Waals surface area contributed by atoms with Crippen molar-refractivity contribution in [2.24, 2.45) is 0 Å². The number of anilines is 1. The summed E-state index contributed by atoms with van der Waals surface area (Å²) in [5.41, 5.74) is 1.99. The van der Waals surface area contributed by atoms with E-state index in [1.165, 1.54) is 12.5 Å². The zero-order valence-electron chi connectivity index (χ0n) is 17.9. The van der Waals surface area contributed by atoms with Crippen molar-refractivity contribution in [3.05, 3.63) is 77.8 Å². The number of benzene rings is 2. The Balaban J connectivity index is 1.36. The molecule has 2 heterocycles. The number of carbonyl (C=O) groups excluding carboxylic acids is 1. The number of aromatic nitrogens is 2. The molecule has 1 aliphatic rings. The van der Waals surface area contributed by atoms with Crippen molar-refractivity contribution in [3.8, 4) is 0 Å². The van der Waals surface area contributed by atoms with E-state index in [0.29, 0.717) is 13.2 Å². The van der Waals surface area contributed by atoms with Crippen LogP contribution in [0, 0.1) is 0 Å².